The third-order valence-electron chi connectivity index (χ3n) is 3.24. The quantitative estimate of drug-likeness (QED) is 0.585. The number of carbonyl (C=O) groups excluding carboxylic acids is 1. The summed E-state index contributed by atoms with van der Waals surface area (Å²) < 4.78 is 6.62. The second-order valence-electron chi connectivity index (χ2n) is 4.61. The molecule has 0 bridgehead atoms. The molecule has 1 amide bonds. The van der Waals surface area contributed by atoms with Crippen molar-refractivity contribution in [3.05, 3.63) is 62.4 Å². The number of benzene rings is 2. The van der Waals surface area contributed by atoms with Crippen LogP contribution in [0.3, 0.4) is 0 Å². The van der Waals surface area contributed by atoms with Crippen LogP contribution in [0.2, 0.25) is 5.02 Å². The maximum atomic E-state index is 12.4. The minimum Gasteiger partial charge on any atom is -0.449 e. The number of carbonyl (C=O) groups is 1. The van der Waals surface area contributed by atoms with E-state index >= 15 is 0 Å². The predicted octanol–water partition coefficient (Wildman–Crippen LogP) is 5.25. The molecule has 2 aromatic carbocycles. The fraction of sp³-hybridized carbons (Fsp3) is 0.0625. The number of rotatable bonds is 2. The molecular weight excluding hydrogens is 401 g/mol. The van der Waals surface area contributed by atoms with E-state index in [1.165, 1.54) is 0 Å². The van der Waals surface area contributed by atoms with Gasteiger partial charge in [-0.3, -0.25) is 4.79 Å². The average molecular weight is 412 g/mol. The zero-order valence-corrected chi connectivity index (χ0v) is 14.0. The lowest BCUT2D eigenvalue weighted by molar-refractivity contribution is 0.0998. The SMILES string of the molecule is Cc1c(C(=O)Nc2ccccc2I)oc2c(Cl)cccc12. The van der Waals surface area contributed by atoms with Crippen LogP contribution in [0, 0.1) is 10.5 Å². The van der Waals surface area contributed by atoms with Crippen LogP contribution in [0.15, 0.2) is 46.9 Å². The van der Waals surface area contributed by atoms with Gasteiger partial charge in [0.2, 0.25) is 0 Å². The number of hydrogen-bond donors (Lipinski definition) is 1. The summed E-state index contributed by atoms with van der Waals surface area (Å²) in [7, 11) is 0. The fourth-order valence-electron chi connectivity index (χ4n) is 2.17. The zero-order chi connectivity index (χ0) is 15.0. The topological polar surface area (TPSA) is 42.2 Å². The van der Waals surface area contributed by atoms with Gasteiger partial charge in [0.15, 0.2) is 11.3 Å². The lowest BCUT2D eigenvalue weighted by Crippen LogP contribution is -2.12. The lowest BCUT2D eigenvalue weighted by Gasteiger charge is -2.05. The summed E-state index contributed by atoms with van der Waals surface area (Å²) >= 11 is 8.28. The second kappa shape index (κ2) is 5.69. The highest BCUT2D eigenvalue weighted by Gasteiger charge is 2.19. The largest absolute Gasteiger partial charge is 0.449 e. The fourth-order valence-corrected chi connectivity index (χ4v) is 2.90. The van der Waals surface area contributed by atoms with Gasteiger partial charge in [0.1, 0.15) is 0 Å². The molecule has 0 saturated carbocycles. The highest BCUT2D eigenvalue weighted by molar-refractivity contribution is 14.1. The molecule has 0 fully saturated rings. The molecule has 0 aliphatic rings. The summed E-state index contributed by atoms with van der Waals surface area (Å²) in [6.07, 6.45) is 0. The van der Waals surface area contributed by atoms with Gasteiger partial charge >= 0.3 is 0 Å². The number of anilines is 1. The predicted molar refractivity (Wildman–Crippen MR) is 93.1 cm³/mol. The molecule has 0 aliphatic carbocycles. The molecule has 1 N–H and O–H groups in total. The molecule has 106 valence electrons. The molecule has 0 saturated heterocycles. The Hall–Kier alpha value is -1.53. The molecule has 0 atom stereocenters. The van der Waals surface area contributed by atoms with Crippen molar-refractivity contribution in [2.24, 2.45) is 0 Å². The molecule has 0 spiro atoms. The first-order valence-electron chi connectivity index (χ1n) is 6.31. The Morgan fingerprint density at radius 1 is 1.19 bits per heavy atom. The van der Waals surface area contributed by atoms with E-state index in [-0.39, 0.29) is 11.7 Å². The minimum absolute atomic E-state index is 0.274. The van der Waals surface area contributed by atoms with Crippen LogP contribution in [0.1, 0.15) is 16.1 Å². The Morgan fingerprint density at radius 2 is 1.95 bits per heavy atom. The lowest BCUT2D eigenvalue weighted by atomic mass is 10.1. The zero-order valence-electron chi connectivity index (χ0n) is 11.1. The van der Waals surface area contributed by atoms with Gasteiger partial charge < -0.3 is 9.73 Å². The standard InChI is InChI=1S/C16H11ClINO2/c1-9-10-5-4-6-11(17)15(10)21-14(9)16(20)19-13-8-3-2-7-12(13)18/h2-8H,1H3,(H,19,20). The summed E-state index contributed by atoms with van der Waals surface area (Å²) in [6, 6.07) is 13.1. The van der Waals surface area contributed by atoms with Crippen molar-refractivity contribution in [1.29, 1.82) is 0 Å². The third kappa shape index (κ3) is 2.65. The highest BCUT2D eigenvalue weighted by atomic mass is 127. The Balaban J connectivity index is 2.01. The average Bonchev–Trinajstić information content (AvgIpc) is 2.81. The molecule has 3 aromatic rings. The third-order valence-corrected chi connectivity index (χ3v) is 4.48. The first-order valence-corrected chi connectivity index (χ1v) is 7.77. The van der Waals surface area contributed by atoms with E-state index in [2.05, 4.69) is 27.9 Å². The Bertz CT molecular complexity index is 841. The summed E-state index contributed by atoms with van der Waals surface area (Å²) in [5.74, 6) is 0.0154. The van der Waals surface area contributed by atoms with Crippen molar-refractivity contribution < 1.29 is 9.21 Å². The van der Waals surface area contributed by atoms with Crippen molar-refractivity contribution in [3.8, 4) is 0 Å². The molecule has 1 heterocycles. The van der Waals surface area contributed by atoms with Crippen molar-refractivity contribution in [1.82, 2.24) is 0 Å². The van der Waals surface area contributed by atoms with E-state index < -0.39 is 0 Å². The van der Waals surface area contributed by atoms with Crippen LogP contribution < -0.4 is 5.32 Å². The van der Waals surface area contributed by atoms with Crippen LogP contribution in [0.4, 0.5) is 5.69 Å². The number of nitrogens with one attached hydrogen (secondary N) is 1. The summed E-state index contributed by atoms with van der Waals surface area (Å²) in [5, 5.41) is 4.22. The molecule has 0 radical (unpaired) electrons. The van der Waals surface area contributed by atoms with Gasteiger partial charge in [-0.05, 0) is 47.7 Å². The first-order chi connectivity index (χ1) is 10.1. The van der Waals surface area contributed by atoms with Crippen molar-refractivity contribution in [2.75, 3.05) is 5.32 Å². The normalized spacial score (nSPS) is 10.8. The molecule has 5 heteroatoms. The van der Waals surface area contributed by atoms with E-state index in [0.717, 1.165) is 20.2 Å². The Labute approximate surface area is 140 Å². The summed E-state index contributed by atoms with van der Waals surface area (Å²) in [5.41, 5.74) is 2.09. The molecule has 21 heavy (non-hydrogen) atoms. The maximum Gasteiger partial charge on any atom is 0.291 e. The van der Waals surface area contributed by atoms with Gasteiger partial charge in [0.05, 0.1) is 10.7 Å². The van der Waals surface area contributed by atoms with Crippen molar-refractivity contribution in [3.63, 3.8) is 0 Å². The van der Waals surface area contributed by atoms with Crippen LogP contribution in [0.5, 0.6) is 0 Å². The number of furan rings is 1. The highest BCUT2D eigenvalue weighted by Crippen LogP contribution is 2.31. The maximum absolute atomic E-state index is 12.4. The number of aryl methyl sites for hydroxylation is 1. The molecule has 3 rings (SSSR count). The van der Waals surface area contributed by atoms with E-state index in [9.17, 15) is 4.79 Å². The first kappa shape index (κ1) is 14.4. The van der Waals surface area contributed by atoms with Crippen LogP contribution >= 0.6 is 34.2 Å². The Morgan fingerprint density at radius 3 is 2.67 bits per heavy atom. The van der Waals surface area contributed by atoms with Gasteiger partial charge in [-0.1, -0.05) is 35.9 Å². The number of fused-ring (bicyclic) bond motifs is 1. The molecule has 0 aliphatic heterocycles. The number of para-hydroxylation sites is 2. The second-order valence-corrected chi connectivity index (χ2v) is 6.18. The van der Waals surface area contributed by atoms with E-state index in [1.807, 2.05) is 43.3 Å². The Kier molecular flexibility index (Phi) is 3.91. The van der Waals surface area contributed by atoms with Crippen LogP contribution in [-0.2, 0) is 0 Å². The minimum atomic E-state index is -0.274. The van der Waals surface area contributed by atoms with Gasteiger partial charge in [-0.2, -0.15) is 0 Å². The van der Waals surface area contributed by atoms with E-state index in [1.54, 1.807) is 6.07 Å². The molecule has 3 nitrogen and oxygen atoms in total. The van der Waals surface area contributed by atoms with Crippen molar-refractivity contribution >= 4 is 56.8 Å². The molecular formula is C16H11ClINO2. The molecule has 0 unspecified atom stereocenters. The number of amides is 1. The number of hydrogen-bond acceptors (Lipinski definition) is 2. The van der Waals surface area contributed by atoms with Gasteiger partial charge in [-0.25, -0.2) is 0 Å². The molecule has 1 aromatic heterocycles. The summed E-state index contributed by atoms with van der Waals surface area (Å²) in [6.45, 7) is 1.85. The summed E-state index contributed by atoms with van der Waals surface area (Å²) in [4.78, 5) is 12.4. The smallest absolute Gasteiger partial charge is 0.291 e. The van der Waals surface area contributed by atoms with E-state index in [0.29, 0.717) is 10.6 Å². The van der Waals surface area contributed by atoms with Gasteiger partial charge in [0.25, 0.3) is 5.91 Å². The van der Waals surface area contributed by atoms with E-state index in [4.69, 9.17) is 16.0 Å². The monoisotopic (exact) mass is 411 g/mol. The van der Waals surface area contributed by atoms with Crippen LogP contribution in [-0.4, -0.2) is 5.91 Å². The van der Waals surface area contributed by atoms with Gasteiger partial charge in [0, 0.05) is 14.5 Å². The van der Waals surface area contributed by atoms with Gasteiger partial charge in [-0.15, -0.1) is 0 Å². The number of halogens is 2. The van der Waals surface area contributed by atoms with Crippen molar-refractivity contribution in [2.45, 2.75) is 6.92 Å². The van der Waals surface area contributed by atoms with Crippen LogP contribution in [0.25, 0.3) is 11.0 Å².